The topological polar surface area (TPSA) is 53.0 Å². The third-order valence-electron chi connectivity index (χ3n) is 7.31. The summed E-state index contributed by atoms with van der Waals surface area (Å²) in [5.74, 6) is 0.568. The molecule has 4 rings (SSSR count). The van der Waals surface area contributed by atoms with Crippen molar-refractivity contribution in [3.8, 4) is 5.75 Å². The van der Waals surface area contributed by atoms with Crippen LogP contribution in [0.2, 0.25) is 0 Å². The van der Waals surface area contributed by atoms with Gasteiger partial charge in [0.2, 0.25) is 0 Å². The van der Waals surface area contributed by atoms with Crippen molar-refractivity contribution in [1.82, 2.24) is 9.80 Å². The second-order valence-electron chi connectivity index (χ2n) is 9.73. The molecule has 2 aliphatic rings. The number of amides is 1. The normalized spacial score (nSPS) is 22.0. The van der Waals surface area contributed by atoms with E-state index in [0.29, 0.717) is 13.1 Å². The number of aliphatic hydroxyl groups excluding tert-OH is 1. The standard InChI is InChI=1S/C27H33F3N2O3/c1-17(33)16-35-25-12-11-23(18(2)19(25)3)24-6-4-5-22-15-31(13-14-32(22)24)26(34)20-7-9-21(10-8-20)27(28,29)30/h7-12,17,22,24,33H,4-6,13-16H2,1-3H3/t17-,22+,24?/m1/s1. The lowest BCUT2D eigenvalue weighted by atomic mass is 9.86. The second-order valence-corrected chi connectivity index (χ2v) is 9.73. The SMILES string of the molecule is Cc1c(OC[C@@H](C)O)ccc(C2CCC[C@H]3CN(C(=O)c4ccc(C(F)(F)F)cc4)CCN23)c1C. The zero-order valence-corrected chi connectivity index (χ0v) is 20.4. The van der Waals surface area contributed by atoms with E-state index in [0.717, 1.165) is 49.3 Å². The molecule has 2 aliphatic heterocycles. The van der Waals surface area contributed by atoms with Crippen LogP contribution in [0.5, 0.6) is 5.75 Å². The molecule has 2 aromatic carbocycles. The highest BCUT2D eigenvalue weighted by atomic mass is 19.4. The first kappa shape index (κ1) is 25.5. The smallest absolute Gasteiger partial charge is 0.416 e. The molecule has 0 aromatic heterocycles. The average molecular weight is 491 g/mol. The molecule has 1 unspecified atom stereocenters. The van der Waals surface area contributed by atoms with E-state index in [1.165, 1.54) is 23.3 Å². The Morgan fingerprint density at radius 1 is 1.09 bits per heavy atom. The Morgan fingerprint density at radius 2 is 1.80 bits per heavy atom. The van der Waals surface area contributed by atoms with Crippen molar-refractivity contribution in [3.63, 3.8) is 0 Å². The monoisotopic (exact) mass is 490 g/mol. The molecule has 2 aromatic rings. The Bertz CT molecular complexity index is 1050. The molecule has 0 aliphatic carbocycles. The van der Waals surface area contributed by atoms with E-state index >= 15 is 0 Å². The van der Waals surface area contributed by atoms with Crippen molar-refractivity contribution in [3.05, 3.63) is 64.2 Å². The van der Waals surface area contributed by atoms with Gasteiger partial charge in [0.25, 0.3) is 5.91 Å². The van der Waals surface area contributed by atoms with Gasteiger partial charge in [-0.1, -0.05) is 6.07 Å². The number of carbonyl (C=O) groups excluding carboxylic acids is 1. The summed E-state index contributed by atoms with van der Waals surface area (Å²) >= 11 is 0. The molecular weight excluding hydrogens is 457 g/mol. The van der Waals surface area contributed by atoms with Gasteiger partial charge in [-0.15, -0.1) is 0 Å². The predicted octanol–water partition coefficient (Wildman–Crippen LogP) is 5.13. The number of piperazine rings is 1. The van der Waals surface area contributed by atoms with Crippen LogP contribution in [0.3, 0.4) is 0 Å². The molecule has 8 heteroatoms. The van der Waals surface area contributed by atoms with Crippen molar-refractivity contribution < 1.29 is 27.8 Å². The van der Waals surface area contributed by atoms with Crippen LogP contribution in [-0.4, -0.2) is 59.2 Å². The lowest BCUT2D eigenvalue weighted by molar-refractivity contribution is -0.137. The van der Waals surface area contributed by atoms with E-state index < -0.39 is 17.8 Å². The first-order chi connectivity index (χ1) is 16.6. The quantitative estimate of drug-likeness (QED) is 0.631. The van der Waals surface area contributed by atoms with Gasteiger partial charge in [-0.3, -0.25) is 9.69 Å². The second kappa shape index (κ2) is 10.2. The number of piperidine rings is 1. The zero-order chi connectivity index (χ0) is 25.3. The van der Waals surface area contributed by atoms with E-state index in [2.05, 4.69) is 17.9 Å². The fraction of sp³-hybridized carbons (Fsp3) is 0.519. The van der Waals surface area contributed by atoms with Crippen LogP contribution in [-0.2, 0) is 6.18 Å². The van der Waals surface area contributed by atoms with Gasteiger partial charge >= 0.3 is 6.18 Å². The van der Waals surface area contributed by atoms with Crippen LogP contribution < -0.4 is 4.74 Å². The highest BCUT2D eigenvalue weighted by Gasteiger charge is 2.38. The predicted molar refractivity (Wildman–Crippen MR) is 128 cm³/mol. The first-order valence-corrected chi connectivity index (χ1v) is 12.2. The molecule has 3 atom stereocenters. The van der Waals surface area contributed by atoms with Crippen LogP contribution in [0.25, 0.3) is 0 Å². The summed E-state index contributed by atoms with van der Waals surface area (Å²) < 4.78 is 44.4. The number of hydrogen-bond donors (Lipinski definition) is 1. The van der Waals surface area contributed by atoms with Crippen molar-refractivity contribution in [2.45, 2.75) is 64.4 Å². The maximum Gasteiger partial charge on any atom is 0.416 e. The van der Waals surface area contributed by atoms with Gasteiger partial charge in [0.15, 0.2) is 0 Å². The number of alkyl halides is 3. The van der Waals surface area contributed by atoms with Gasteiger partial charge in [0.1, 0.15) is 12.4 Å². The van der Waals surface area contributed by atoms with E-state index in [9.17, 15) is 23.1 Å². The number of benzene rings is 2. The summed E-state index contributed by atoms with van der Waals surface area (Å²) in [6.45, 7) is 7.93. The number of halogens is 3. The molecule has 2 saturated heterocycles. The Balaban J connectivity index is 1.46. The molecule has 0 spiro atoms. The minimum absolute atomic E-state index is 0.215. The van der Waals surface area contributed by atoms with Crippen LogP contribution in [0.4, 0.5) is 13.2 Å². The summed E-state index contributed by atoms with van der Waals surface area (Å²) in [5.41, 5.74) is 3.06. The summed E-state index contributed by atoms with van der Waals surface area (Å²) in [5, 5.41) is 9.53. The Kier molecular flexibility index (Phi) is 7.43. The summed E-state index contributed by atoms with van der Waals surface area (Å²) in [4.78, 5) is 17.3. The Hall–Kier alpha value is -2.58. The largest absolute Gasteiger partial charge is 0.491 e. The maximum atomic E-state index is 13.0. The molecule has 5 nitrogen and oxygen atoms in total. The fourth-order valence-corrected chi connectivity index (χ4v) is 5.30. The highest BCUT2D eigenvalue weighted by Crippen LogP contribution is 2.39. The third-order valence-corrected chi connectivity index (χ3v) is 7.31. The van der Waals surface area contributed by atoms with E-state index in [-0.39, 0.29) is 30.2 Å². The molecule has 1 amide bonds. The van der Waals surface area contributed by atoms with Gasteiger partial charge in [-0.2, -0.15) is 13.2 Å². The first-order valence-electron chi connectivity index (χ1n) is 12.2. The maximum absolute atomic E-state index is 13.0. The molecule has 0 saturated carbocycles. The molecule has 0 bridgehead atoms. The van der Waals surface area contributed by atoms with Crippen LogP contribution in [0.15, 0.2) is 36.4 Å². The van der Waals surface area contributed by atoms with Gasteiger partial charge in [0, 0.05) is 37.3 Å². The lowest BCUT2D eigenvalue weighted by Crippen LogP contribution is -2.57. The molecule has 1 N–H and O–H groups in total. The zero-order valence-electron chi connectivity index (χ0n) is 20.4. The van der Waals surface area contributed by atoms with Crippen LogP contribution in [0.1, 0.15) is 64.8 Å². The van der Waals surface area contributed by atoms with Crippen molar-refractivity contribution in [1.29, 1.82) is 0 Å². The number of fused-ring (bicyclic) bond motifs is 1. The molecular formula is C27H33F3N2O3. The Morgan fingerprint density at radius 3 is 2.46 bits per heavy atom. The fourth-order valence-electron chi connectivity index (χ4n) is 5.30. The lowest BCUT2D eigenvalue weighted by Gasteiger charge is -2.49. The van der Waals surface area contributed by atoms with E-state index in [1.54, 1.807) is 11.8 Å². The van der Waals surface area contributed by atoms with E-state index in [4.69, 9.17) is 4.74 Å². The third kappa shape index (κ3) is 5.48. The minimum Gasteiger partial charge on any atom is -0.491 e. The van der Waals surface area contributed by atoms with Gasteiger partial charge in [-0.25, -0.2) is 0 Å². The number of rotatable bonds is 5. The summed E-state index contributed by atoms with van der Waals surface area (Å²) in [7, 11) is 0. The van der Waals surface area contributed by atoms with Crippen LogP contribution in [0, 0.1) is 13.8 Å². The van der Waals surface area contributed by atoms with Crippen LogP contribution >= 0.6 is 0 Å². The molecule has 0 radical (unpaired) electrons. The molecule has 190 valence electrons. The molecule has 35 heavy (non-hydrogen) atoms. The molecule has 2 heterocycles. The van der Waals surface area contributed by atoms with Crippen molar-refractivity contribution in [2.24, 2.45) is 0 Å². The van der Waals surface area contributed by atoms with E-state index in [1.807, 2.05) is 13.0 Å². The van der Waals surface area contributed by atoms with Gasteiger partial charge in [0.05, 0.1) is 11.7 Å². The highest BCUT2D eigenvalue weighted by molar-refractivity contribution is 5.94. The number of ether oxygens (including phenoxy) is 1. The number of hydrogen-bond acceptors (Lipinski definition) is 4. The Labute approximate surface area is 204 Å². The number of carbonyl (C=O) groups is 1. The summed E-state index contributed by atoms with van der Waals surface area (Å²) in [6.07, 6.45) is -1.87. The minimum atomic E-state index is -4.41. The van der Waals surface area contributed by atoms with Gasteiger partial charge < -0.3 is 14.7 Å². The van der Waals surface area contributed by atoms with Crippen molar-refractivity contribution in [2.75, 3.05) is 26.2 Å². The number of aliphatic hydroxyl groups is 1. The molecule has 2 fully saturated rings. The number of nitrogens with zero attached hydrogens (tertiary/aromatic N) is 2. The summed E-state index contributed by atoms with van der Waals surface area (Å²) in [6, 6.07) is 9.05. The average Bonchev–Trinajstić information content (AvgIpc) is 2.83. The van der Waals surface area contributed by atoms with Gasteiger partial charge in [-0.05, 0) is 87.1 Å². The van der Waals surface area contributed by atoms with Crippen molar-refractivity contribution >= 4 is 5.91 Å².